The quantitative estimate of drug-likeness (QED) is 0.510. The van der Waals surface area contributed by atoms with Gasteiger partial charge in [-0.1, -0.05) is 12.1 Å². The van der Waals surface area contributed by atoms with Gasteiger partial charge in [0.15, 0.2) is 5.65 Å². The molecule has 7 nitrogen and oxygen atoms in total. The van der Waals surface area contributed by atoms with Gasteiger partial charge in [0.25, 0.3) is 0 Å². The van der Waals surface area contributed by atoms with Gasteiger partial charge in [-0.2, -0.15) is 5.10 Å². The largest absolute Gasteiger partial charge is 0.369 e. The molecule has 0 fully saturated rings. The van der Waals surface area contributed by atoms with Crippen molar-refractivity contribution in [1.29, 1.82) is 0 Å². The SMILES string of the molecule is Cc1nn(-c2ccccc2F)c2ncnc(NCCCNC=O)c12. The second kappa shape index (κ2) is 7.03. The third-order valence-electron chi connectivity index (χ3n) is 3.59. The minimum absolute atomic E-state index is 0.343. The Balaban J connectivity index is 1.94. The summed E-state index contributed by atoms with van der Waals surface area (Å²) in [7, 11) is 0. The number of benzene rings is 1. The van der Waals surface area contributed by atoms with E-state index in [1.807, 2.05) is 6.92 Å². The number of para-hydroxylation sites is 1. The van der Waals surface area contributed by atoms with Gasteiger partial charge in [0, 0.05) is 13.1 Å². The number of hydrogen-bond acceptors (Lipinski definition) is 5. The fourth-order valence-electron chi connectivity index (χ4n) is 2.50. The molecule has 0 radical (unpaired) electrons. The van der Waals surface area contributed by atoms with Crippen LogP contribution < -0.4 is 10.6 Å². The number of amides is 1. The summed E-state index contributed by atoms with van der Waals surface area (Å²) in [6.45, 7) is 3.05. The van der Waals surface area contributed by atoms with Crippen molar-refractivity contribution in [1.82, 2.24) is 25.1 Å². The maximum absolute atomic E-state index is 14.1. The summed E-state index contributed by atoms with van der Waals surface area (Å²) in [4.78, 5) is 18.7. The highest BCUT2D eigenvalue weighted by Gasteiger charge is 2.16. The van der Waals surface area contributed by atoms with E-state index in [0.717, 1.165) is 11.8 Å². The average molecular weight is 328 g/mol. The number of nitrogens with zero attached hydrogens (tertiary/aromatic N) is 4. The van der Waals surface area contributed by atoms with E-state index in [-0.39, 0.29) is 5.82 Å². The van der Waals surface area contributed by atoms with Crippen LogP contribution in [0.1, 0.15) is 12.1 Å². The zero-order valence-electron chi connectivity index (χ0n) is 13.2. The van der Waals surface area contributed by atoms with E-state index in [9.17, 15) is 9.18 Å². The van der Waals surface area contributed by atoms with Gasteiger partial charge in [-0.3, -0.25) is 4.79 Å². The fraction of sp³-hybridized carbons (Fsp3) is 0.250. The van der Waals surface area contributed by atoms with Crippen molar-refractivity contribution in [2.24, 2.45) is 0 Å². The van der Waals surface area contributed by atoms with E-state index >= 15 is 0 Å². The van der Waals surface area contributed by atoms with Crippen LogP contribution in [0, 0.1) is 12.7 Å². The average Bonchev–Trinajstić information content (AvgIpc) is 2.93. The number of aromatic nitrogens is 4. The molecular weight excluding hydrogens is 311 g/mol. The highest BCUT2D eigenvalue weighted by atomic mass is 19.1. The number of carbonyl (C=O) groups is 1. The lowest BCUT2D eigenvalue weighted by Gasteiger charge is -2.07. The van der Waals surface area contributed by atoms with Crippen LogP contribution in [0.3, 0.4) is 0 Å². The first-order valence-corrected chi connectivity index (χ1v) is 7.58. The number of nitrogens with one attached hydrogen (secondary N) is 2. The number of halogens is 1. The molecule has 0 unspecified atom stereocenters. The molecule has 3 rings (SSSR count). The first-order chi connectivity index (χ1) is 11.7. The number of carbonyl (C=O) groups excluding carboxylic acids is 1. The van der Waals surface area contributed by atoms with E-state index in [0.29, 0.717) is 42.3 Å². The van der Waals surface area contributed by atoms with Crippen LogP contribution in [0.4, 0.5) is 10.2 Å². The van der Waals surface area contributed by atoms with E-state index in [4.69, 9.17) is 0 Å². The van der Waals surface area contributed by atoms with Crippen molar-refractivity contribution in [3.63, 3.8) is 0 Å². The molecule has 1 aromatic carbocycles. The molecule has 0 aliphatic rings. The number of rotatable bonds is 7. The van der Waals surface area contributed by atoms with Crippen LogP contribution in [0.2, 0.25) is 0 Å². The summed E-state index contributed by atoms with van der Waals surface area (Å²) in [5, 5.41) is 11.0. The lowest BCUT2D eigenvalue weighted by Crippen LogP contribution is -2.16. The van der Waals surface area contributed by atoms with Crippen molar-refractivity contribution in [2.45, 2.75) is 13.3 Å². The van der Waals surface area contributed by atoms with E-state index in [1.54, 1.807) is 18.2 Å². The second-order valence-electron chi connectivity index (χ2n) is 5.22. The molecule has 24 heavy (non-hydrogen) atoms. The molecule has 2 aromatic heterocycles. The Bertz CT molecular complexity index is 863. The normalized spacial score (nSPS) is 10.8. The van der Waals surface area contributed by atoms with Crippen LogP contribution in [0.25, 0.3) is 16.7 Å². The molecular formula is C16H17FN6O. The summed E-state index contributed by atoms with van der Waals surface area (Å²) < 4.78 is 15.6. The third-order valence-corrected chi connectivity index (χ3v) is 3.59. The van der Waals surface area contributed by atoms with E-state index < -0.39 is 0 Å². The smallest absolute Gasteiger partial charge is 0.207 e. The predicted molar refractivity (Wildman–Crippen MR) is 88.5 cm³/mol. The number of aryl methyl sites for hydroxylation is 1. The van der Waals surface area contributed by atoms with Crippen molar-refractivity contribution in [3.05, 3.63) is 42.1 Å². The second-order valence-corrected chi connectivity index (χ2v) is 5.22. The lowest BCUT2D eigenvalue weighted by molar-refractivity contribution is -0.109. The topological polar surface area (TPSA) is 84.7 Å². The highest BCUT2D eigenvalue weighted by molar-refractivity contribution is 5.90. The lowest BCUT2D eigenvalue weighted by atomic mass is 10.3. The summed E-state index contributed by atoms with van der Waals surface area (Å²) in [6, 6.07) is 6.43. The monoisotopic (exact) mass is 328 g/mol. The molecule has 0 bridgehead atoms. The zero-order valence-corrected chi connectivity index (χ0v) is 13.2. The van der Waals surface area contributed by atoms with Gasteiger partial charge >= 0.3 is 0 Å². The first kappa shape index (κ1) is 15.9. The van der Waals surface area contributed by atoms with Crippen molar-refractivity contribution < 1.29 is 9.18 Å². The molecule has 8 heteroatoms. The molecule has 0 aliphatic heterocycles. The zero-order chi connectivity index (χ0) is 16.9. The Kier molecular flexibility index (Phi) is 4.64. The number of anilines is 1. The first-order valence-electron chi connectivity index (χ1n) is 7.58. The number of hydrogen-bond donors (Lipinski definition) is 2. The summed E-state index contributed by atoms with van der Waals surface area (Å²) >= 11 is 0. The minimum atomic E-state index is -0.366. The maximum Gasteiger partial charge on any atom is 0.207 e. The van der Waals surface area contributed by atoms with Gasteiger partial charge in [-0.15, -0.1) is 0 Å². The summed E-state index contributed by atoms with van der Waals surface area (Å²) in [5.74, 6) is 0.279. The summed E-state index contributed by atoms with van der Waals surface area (Å²) in [6.07, 6.45) is 2.85. The Morgan fingerprint density at radius 3 is 2.88 bits per heavy atom. The van der Waals surface area contributed by atoms with Gasteiger partial charge < -0.3 is 10.6 Å². The molecule has 0 aliphatic carbocycles. The van der Waals surface area contributed by atoms with E-state index in [1.165, 1.54) is 17.1 Å². The maximum atomic E-state index is 14.1. The van der Waals surface area contributed by atoms with Crippen molar-refractivity contribution in [3.8, 4) is 5.69 Å². The number of fused-ring (bicyclic) bond motifs is 1. The minimum Gasteiger partial charge on any atom is -0.369 e. The Morgan fingerprint density at radius 2 is 2.08 bits per heavy atom. The Labute approximate surface area is 137 Å². The molecule has 0 atom stereocenters. The van der Waals surface area contributed by atoms with Gasteiger partial charge in [-0.05, 0) is 25.5 Å². The van der Waals surface area contributed by atoms with Crippen LogP contribution >= 0.6 is 0 Å². The fourth-order valence-corrected chi connectivity index (χ4v) is 2.50. The highest BCUT2D eigenvalue weighted by Crippen LogP contribution is 2.26. The third kappa shape index (κ3) is 3.03. The summed E-state index contributed by atoms with van der Waals surface area (Å²) in [5.41, 5.74) is 1.60. The van der Waals surface area contributed by atoms with Crippen LogP contribution in [0.5, 0.6) is 0 Å². The van der Waals surface area contributed by atoms with Gasteiger partial charge in [0.2, 0.25) is 6.41 Å². The van der Waals surface area contributed by atoms with Gasteiger partial charge in [0.1, 0.15) is 23.6 Å². The van der Waals surface area contributed by atoms with Gasteiger partial charge in [0.05, 0.1) is 11.1 Å². The molecule has 0 saturated heterocycles. The van der Waals surface area contributed by atoms with E-state index in [2.05, 4.69) is 25.7 Å². The van der Waals surface area contributed by atoms with Crippen LogP contribution in [-0.4, -0.2) is 39.2 Å². The molecule has 0 saturated carbocycles. The molecule has 2 N–H and O–H groups in total. The van der Waals surface area contributed by atoms with Gasteiger partial charge in [-0.25, -0.2) is 19.0 Å². The van der Waals surface area contributed by atoms with Crippen LogP contribution in [0.15, 0.2) is 30.6 Å². The molecule has 3 aromatic rings. The standard InChI is InChI=1S/C16H17FN6O/c1-11-14-15(19-8-4-7-18-10-24)20-9-21-16(14)23(22-11)13-6-3-2-5-12(13)17/h2-3,5-6,9-10H,4,7-8H2,1H3,(H,18,24)(H,19,20,21). The predicted octanol–water partition coefficient (Wildman–Crippen LogP) is 1.81. The molecule has 2 heterocycles. The Morgan fingerprint density at radius 1 is 1.25 bits per heavy atom. The molecule has 124 valence electrons. The Hall–Kier alpha value is -3.03. The molecule has 0 spiro atoms. The van der Waals surface area contributed by atoms with Crippen LogP contribution in [-0.2, 0) is 4.79 Å². The van der Waals surface area contributed by atoms with Crippen molar-refractivity contribution >= 4 is 23.3 Å². The molecule has 1 amide bonds. The van der Waals surface area contributed by atoms with Crippen molar-refractivity contribution in [2.75, 3.05) is 18.4 Å².